The predicted molar refractivity (Wildman–Crippen MR) is 97.0 cm³/mol. The van der Waals surface area contributed by atoms with Crippen molar-refractivity contribution in [3.63, 3.8) is 0 Å². The molecule has 5 heteroatoms. The van der Waals surface area contributed by atoms with Gasteiger partial charge in [-0.3, -0.25) is 4.79 Å². The van der Waals surface area contributed by atoms with Crippen molar-refractivity contribution in [1.82, 2.24) is 0 Å². The van der Waals surface area contributed by atoms with Crippen LogP contribution >= 0.6 is 0 Å². The molecule has 5 nitrogen and oxygen atoms in total. The molecule has 0 amide bonds. The SMILES string of the molecule is C/C(=C/C(=O)O)CC/C=C(\C)[C@@H](O)C/C=C(\C)C1=CC(=O)C(C)(C)O1. The molecule has 138 valence electrons. The van der Waals surface area contributed by atoms with Gasteiger partial charge >= 0.3 is 5.97 Å². The van der Waals surface area contributed by atoms with Crippen molar-refractivity contribution in [2.75, 3.05) is 0 Å². The third-order valence-corrected chi connectivity index (χ3v) is 4.16. The monoisotopic (exact) mass is 348 g/mol. The third kappa shape index (κ3) is 6.70. The van der Waals surface area contributed by atoms with Crippen molar-refractivity contribution in [3.8, 4) is 0 Å². The second-order valence-corrected chi connectivity index (χ2v) is 6.94. The van der Waals surface area contributed by atoms with Crippen LogP contribution in [0.1, 0.15) is 53.9 Å². The molecule has 0 aromatic heterocycles. The Bertz CT molecular complexity index is 647. The van der Waals surface area contributed by atoms with Crippen LogP contribution in [0.15, 0.2) is 46.8 Å². The number of aliphatic hydroxyl groups is 1. The lowest BCUT2D eigenvalue weighted by molar-refractivity contribution is -0.131. The van der Waals surface area contributed by atoms with Crippen molar-refractivity contribution in [2.24, 2.45) is 0 Å². The number of aliphatic carboxylic acids is 1. The number of carbonyl (C=O) groups excluding carboxylic acids is 1. The Hall–Kier alpha value is -2.14. The highest BCUT2D eigenvalue weighted by Gasteiger charge is 2.35. The zero-order valence-corrected chi connectivity index (χ0v) is 15.6. The Morgan fingerprint density at radius 1 is 1.28 bits per heavy atom. The molecule has 1 aliphatic rings. The van der Waals surface area contributed by atoms with Gasteiger partial charge in [-0.1, -0.05) is 17.7 Å². The molecule has 1 heterocycles. The van der Waals surface area contributed by atoms with E-state index in [-0.39, 0.29) is 5.78 Å². The van der Waals surface area contributed by atoms with Crippen molar-refractivity contribution in [3.05, 3.63) is 46.8 Å². The van der Waals surface area contributed by atoms with Crippen LogP contribution in [-0.4, -0.2) is 33.7 Å². The van der Waals surface area contributed by atoms with E-state index in [1.807, 2.05) is 26.0 Å². The first-order valence-electron chi connectivity index (χ1n) is 8.40. The first-order chi connectivity index (χ1) is 11.5. The highest BCUT2D eigenvalue weighted by molar-refractivity contribution is 5.99. The fourth-order valence-electron chi connectivity index (χ4n) is 2.36. The van der Waals surface area contributed by atoms with Gasteiger partial charge in [0.05, 0.1) is 6.10 Å². The maximum absolute atomic E-state index is 11.8. The van der Waals surface area contributed by atoms with E-state index < -0.39 is 17.7 Å². The largest absolute Gasteiger partial charge is 0.479 e. The number of hydrogen-bond donors (Lipinski definition) is 2. The summed E-state index contributed by atoms with van der Waals surface area (Å²) in [5.74, 6) is -0.445. The molecule has 1 atom stereocenters. The van der Waals surface area contributed by atoms with Gasteiger partial charge in [-0.25, -0.2) is 4.79 Å². The number of carbonyl (C=O) groups is 2. The fraction of sp³-hybridized carbons (Fsp3) is 0.500. The summed E-state index contributed by atoms with van der Waals surface area (Å²) in [6, 6.07) is 0. The molecule has 2 N–H and O–H groups in total. The summed E-state index contributed by atoms with van der Waals surface area (Å²) in [7, 11) is 0. The van der Waals surface area contributed by atoms with Crippen LogP contribution in [0, 0.1) is 0 Å². The van der Waals surface area contributed by atoms with E-state index in [1.54, 1.807) is 20.8 Å². The lowest BCUT2D eigenvalue weighted by Crippen LogP contribution is -2.27. The van der Waals surface area contributed by atoms with Crippen molar-refractivity contribution < 1.29 is 24.5 Å². The normalized spacial score (nSPS) is 19.5. The quantitative estimate of drug-likeness (QED) is 0.516. The van der Waals surface area contributed by atoms with Crippen LogP contribution in [0.3, 0.4) is 0 Å². The second kappa shape index (κ2) is 8.81. The molecule has 0 aliphatic carbocycles. The molecular weight excluding hydrogens is 320 g/mol. The van der Waals surface area contributed by atoms with Gasteiger partial charge in [0.2, 0.25) is 5.78 Å². The number of carboxylic acids is 1. The minimum absolute atomic E-state index is 0.0586. The van der Waals surface area contributed by atoms with Gasteiger partial charge < -0.3 is 14.9 Å². The number of ether oxygens (including phenoxy) is 1. The van der Waals surface area contributed by atoms with Gasteiger partial charge in [0, 0.05) is 12.2 Å². The number of ketones is 1. The molecule has 0 fully saturated rings. The first-order valence-corrected chi connectivity index (χ1v) is 8.40. The average molecular weight is 348 g/mol. The van der Waals surface area contributed by atoms with E-state index in [4.69, 9.17) is 9.84 Å². The summed E-state index contributed by atoms with van der Waals surface area (Å²) in [5, 5.41) is 18.9. The molecule has 0 saturated carbocycles. The molecule has 0 unspecified atom stereocenters. The summed E-state index contributed by atoms with van der Waals surface area (Å²) in [4.78, 5) is 22.3. The number of allylic oxidation sites excluding steroid dienone is 3. The Kier molecular flexibility index (Phi) is 7.37. The Morgan fingerprint density at radius 3 is 2.44 bits per heavy atom. The summed E-state index contributed by atoms with van der Waals surface area (Å²) in [6.07, 6.45) is 7.60. The maximum atomic E-state index is 11.8. The van der Waals surface area contributed by atoms with Crippen LogP contribution < -0.4 is 0 Å². The summed E-state index contributed by atoms with van der Waals surface area (Å²) >= 11 is 0. The van der Waals surface area contributed by atoms with Crippen molar-refractivity contribution in [2.45, 2.75) is 65.6 Å². The zero-order chi connectivity index (χ0) is 19.2. The maximum Gasteiger partial charge on any atom is 0.328 e. The van der Waals surface area contributed by atoms with Crippen LogP contribution in [0.2, 0.25) is 0 Å². The molecule has 0 spiro atoms. The Morgan fingerprint density at radius 2 is 1.92 bits per heavy atom. The van der Waals surface area contributed by atoms with E-state index in [9.17, 15) is 14.7 Å². The first kappa shape index (κ1) is 20.9. The molecule has 0 aromatic carbocycles. The van der Waals surface area contributed by atoms with Gasteiger partial charge in [-0.15, -0.1) is 0 Å². The molecule has 25 heavy (non-hydrogen) atoms. The molecular formula is C20H28O5. The van der Waals surface area contributed by atoms with Crippen LogP contribution in [0.5, 0.6) is 0 Å². The van der Waals surface area contributed by atoms with E-state index in [1.165, 1.54) is 12.2 Å². The predicted octanol–water partition coefficient (Wildman–Crippen LogP) is 3.70. The van der Waals surface area contributed by atoms with Gasteiger partial charge in [0.15, 0.2) is 5.60 Å². The van der Waals surface area contributed by atoms with Gasteiger partial charge in [-0.2, -0.15) is 0 Å². The average Bonchev–Trinajstić information content (AvgIpc) is 2.77. The molecule has 1 rings (SSSR count). The van der Waals surface area contributed by atoms with Crippen LogP contribution in [-0.2, 0) is 14.3 Å². The highest BCUT2D eigenvalue weighted by atomic mass is 16.5. The lowest BCUT2D eigenvalue weighted by Gasteiger charge is -2.18. The van der Waals surface area contributed by atoms with Gasteiger partial charge in [-0.05, 0) is 65.0 Å². The molecule has 0 saturated heterocycles. The summed E-state index contributed by atoms with van der Waals surface area (Å²) in [6.45, 7) is 8.94. The topological polar surface area (TPSA) is 83.8 Å². The fourth-order valence-corrected chi connectivity index (χ4v) is 2.36. The lowest BCUT2D eigenvalue weighted by atomic mass is 10.0. The molecule has 0 aromatic rings. The summed E-state index contributed by atoms with van der Waals surface area (Å²) < 4.78 is 5.63. The molecule has 1 aliphatic heterocycles. The van der Waals surface area contributed by atoms with Crippen molar-refractivity contribution >= 4 is 11.8 Å². The van der Waals surface area contributed by atoms with Crippen LogP contribution in [0.4, 0.5) is 0 Å². The number of aliphatic hydroxyl groups excluding tert-OH is 1. The smallest absolute Gasteiger partial charge is 0.328 e. The Labute approximate surface area is 149 Å². The minimum Gasteiger partial charge on any atom is -0.479 e. The zero-order valence-electron chi connectivity index (χ0n) is 15.6. The van der Waals surface area contributed by atoms with E-state index >= 15 is 0 Å². The Balaban J connectivity index is 2.56. The van der Waals surface area contributed by atoms with E-state index in [0.29, 0.717) is 25.0 Å². The molecule has 0 bridgehead atoms. The summed E-state index contributed by atoms with van der Waals surface area (Å²) in [5.41, 5.74) is 1.63. The number of hydrogen-bond acceptors (Lipinski definition) is 4. The van der Waals surface area contributed by atoms with Gasteiger partial charge in [0.25, 0.3) is 0 Å². The second-order valence-electron chi connectivity index (χ2n) is 6.94. The van der Waals surface area contributed by atoms with E-state index in [0.717, 1.165) is 16.7 Å². The molecule has 0 radical (unpaired) electrons. The highest BCUT2D eigenvalue weighted by Crippen LogP contribution is 2.29. The van der Waals surface area contributed by atoms with Crippen molar-refractivity contribution in [1.29, 1.82) is 0 Å². The van der Waals surface area contributed by atoms with E-state index in [2.05, 4.69) is 0 Å². The standard InChI is InChI=1S/C20H28O5/c1-13(11-19(23)24)7-6-8-14(2)16(21)10-9-15(3)17-12-18(22)20(4,5)25-17/h8-9,11-12,16,21H,6-7,10H2,1-5H3,(H,23,24)/b13-11-,14-8+,15-9+/t16-/m0/s1. The van der Waals surface area contributed by atoms with Crippen LogP contribution in [0.25, 0.3) is 0 Å². The number of carboxylic acid groups (broad SMARTS) is 1. The van der Waals surface area contributed by atoms with Gasteiger partial charge in [0.1, 0.15) is 5.76 Å². The third-order valence-electron chi connectivity index (χ3n) is 4.16. The minimum atomic E-state index is -0.941. The number of rotatable bonds is 8.